The Kier molecular flexibility index (Phi) is 4.47. The number of aromatic amines is 1. The van der Waals surface area contributed by atoms with Gasteiger partial charge in [0.05, 0.1) is 5.56 Å². The Morgan fingerprint density at radius 1 is 1.23 bits per heavy atom. The number of nitrogens with zero attached hydrogens (tertiary/aromatic N) is 2. The Hall–Kier alpha value is -1.82. The summed E-state index contributed by atoms with van der Waals surface area (Å²) < 4.78 is 0. The van der Waals surface area contributed by atoms with Gasteiger partial charge in [-0.1, -0.05) is 6.42 Å². The molecule has 1 aromatic heterocycles. The van der Waals surface area contributed by atoms with E-state index in [0.717, 1.165) is 26.1 Å². The zero-order valence-corrected chi connectivity index (χ0v) is 12.9. The van der Waals surface area contributed by atoms with Crippen molar-refractivity contribution < 1.29 is 9.59 Å². The van der Waals surface area contributed by atoms with Gasteiger partial charge in [-0.05, 0) is 44.3 Å². The summed E-state index contributed by atoms with van der Waals surface area (Å²) in [6.07, 6.45) is 6.50. The number of hydrogen-bond donors (Lipinski definition) is 2. The lowest BCUT2D eigenvalue weighted by Gasteiger charge is -2.28. The highest BCUT2D eigenvalue weighted by atomic mass is 16.2. The SMILES string of the molecule is NC(=O)c1c[nH]c(C(=O)N2CCC(CN3CCCCC3)C2)c1. The molecule has 2 amide bonds. The van der Waals surface area contributed by atoms with Crippen molar-refractivity contribution >= 4 is 11.8 Å². The van der Waals surface area contributed by atoms with E-state index in [2.05, 4.69) is 9.88 Å². The van der Waals surface area contributed by atoms with Crippen LogP contribution in [-0.4, -0.2) is 59.3 Å². The number of hydrogen-bond acceptors (Lipinski definition) is 3. The first-order chi connectivity index (χ1) is 10.6. The maximum Gasteiger partial charge on any atom is 0.270 e. The summed E-state index contributed by atoms with van der Waals surface area (Å²) in [6.45, 7) is 5.09. The van der Waals surface area contributed by atoms with Crippen LogP contribution in [0.3, 0.4) is 0 Å². The van der Waals surface area contributed by atoms with Gasteiger partial charge < -0.3 is 20.5 Å². The van der Waals surface area contributed by atoms with Crippen LogP contribution >= 0.6 is 0 Å². The fraction of sp³-hybridized carbons (Fsp3) is 0.625. The number of nitrogens with one attached hydrogen (secondary N) is 1. The summed E-state index contributed by atoms with van der Waals surface area (Å²) in [6, 6.07) is 1.54. The Morgan fingerprint density at radius 3 is 2.68 bits per heavy atom. The van der Waals surface area contributed by atoms with Crippen molar-refractivity contribution in [2.75, 3.05) is 32.7 Å². The van der Waals surface area contributed by atoms with Gasteiger partial charge in [-0.2, -0.15) is 0 Å². The number of piperidine rings is 1. The van der Waals surface area contributed by atoms with Crippen LogP contribution in [-0.2, 0) is 0 Å². The number of likely N-dealkylation sites (tertiary alicyclic amines) is 2. The molecule has 3 rings (SSSR count). The molecule has 0 radical (unpaired) electrons. The number of carbonyl (C=O) groups excluding carboxylic acids is 2. The Balaban J connectivity index is 1.54. The van der Waals surface area contributed by atoms with Crippen LogP contribution in [0, 0.1) is 5.92 Å². The standard InChI is InChI=1S/C16H24N4O2/c17-15(21)13-8-14(18-9-13)16(22)20-7-4-12(11-20)10-19-5-2-1-3-6-19/h8-9,12,18H,1-7,10-11H2,(H2,17,21). The minimum atomic E-state index is -0.514. The second kappa shape index (κ2) is 6.52. The van der Waals surface area contributed by atoms with Gasteiger partial charge in [-0.3, -0.25) is 9.59 Å². The summed E-state index contributed by atoms with van der Waals surface area (Å²) in [5, 5.41) is 0. The largest absolute Gasteiger partial charge is 0.366 e. The molecule has 1 aromatic rings. The van der Waals surface area contributed by atoms with E-state index in [1.54, 1.807) is 6.07 Å². The van der Waals surface area contributed by atoms with Gasteiger partial charge in [-0.15, -0.1) is 0 Å². The average molecular weight is 304 g/mol. The van der Waals surface area contributed by atoms with E-state index in [-0.39, 0.29) is 5.91 Å². The van der Waals surface area contributed by atoms with E-state index in [9.17, 15) is 9.59 Å². The van der Waals surface area contributed by atoms with Crippen LogP contribution < -0.4 is 5.73 Å². The van der Waals surface area contributed by atoms with Crippen LogP contribution in [0.4, 0.5) is 0 Å². The van der Waals surface area contributed by atoms with Gasteiger partial charge in [-0.25, -0.2) is 0 Å². The molecule has 0 aromatic carbocycles. The maximum atomic E-state index is 12.4. The molecule has 0 saturated carbocycles. The number of carbonyl (C=O) groups is 2. The van der Waals surface area contributed by atoms with Gasteiger partial charge in [0.25, 0.3) is 5.91 Å². The van der Waals surface area contributed by atoms with Crippen molar-refractivity contribution in [3.05, 3.63) is 23.5 Å². The van der Waals surface area contributed by atoms with Crippen LogP contribution in [0.2, 0.25) is 0 Å². The number of aromatic nitrogens is 1. The second-order valence-electron chi connectivity index (χ2n) is 6.43. The van der Waals surface area contributed by atoms with E-state index >= 15 is 0 Å². The first-order valence-corrected chi connectivity index (χ1v) is 8.13. The van der Waals surface area contributed by atoms with Crippen LogP contribution in [0.1, 0.15) is 46.5 Å². The normalized spacial score (nSPS) is 22.9. The zero-order valence-electron chi connectivity index (χ0n) is 12.9. The molecular weight excluding hydrogens is 280 g/mol. The summed E-state index contributed by atoms with van der Waals surface area (Å²) in [7, 11) is 0. The van der Waals surface area contributed by atoms with Crippen LogP contribution in [0.25, 0.3) is 0 Å². The van der Waals surface area contributed by atoms with E-state index in [4.69, 9.17) is 5.73 Å². The summed E-state index contributed by atoms with van der Waals surface area (Å²) in [4.78, 5) is 30.8. The monoisotopic (exact) mass is 304 g/mol. The van der Waals surface area contributed by atoms with Gasteiger partial charge >= 0.3 is 0 Å². The molecule has 2 fully saturated rings. The molecule has 2 aliphatic rings. The molecule has 120 valence electrons. The number of primary amides is 1. The van der Waals surface area contributed by atoms with E-state index in [1.165, 1.54) is 38.5 Å². The van der Waals surface area contributed by atoms with Crippen molar-refractivity contribution in [3.8, 4) is 0 Å². The van der Waals surface area contributed by atoms with E-state index in [0.29, 0.717) is 17.2 Å². The number of nitrogens with two attached hydrogens (primary N) is 1. The lowest BCUT2D eigenvalue weighted by molar-refractivity contribution is 0.0777. The molecule has 1 unspecified atom stereocenters. The number of rotatable bonds is 4. The van der Waals surface area contributed by atoms with Crippen molar-refractivity contribution in [1.29, 1.82) is 0 Å². The summed E-state index contributed by atoms with van der Waals surface area (Å²) >= 11 is 0. The average Bonchev–Trinajstić information content (AvgIpc) is 3.17. The Labute approximate surface area is 130 Å². The number of amides is 2. The summed E-state index contributed by atoms with van der Waals surface area (Å²) in [5.41, 5.74) is 6.02. The molecule has 6 heteroatoms. The van der Waals surface area contributed by atoms with E-state index in [1.807, 2.05) is 4.90 Å². The first-order valence-electron chi connectivity index (χ1n) is 8.13. The Morgan fingerprint density at radius 2 is 2.00 bits per heavy atom. The lowest BCUT2D eigenvalue weighted by atomic mass is 10.1. The predicted octanol–water partition coefficient (Wildman–Crippen LogP) is 1.06. The first kappa shape index (κ1) is 15.1. The van der Waals surface area contributed by atoms with Crippen molar-refractivity contribution in [3.63, 3.8) is 0 Å². The van der Waals surface area contributed by atoms with Crippen LogP contribution in [0.5, 0.6) is 0 Å². The smallest absolute Gasteiger partial charge is 0.270 e. The minimum Gasteiger partial charge on any atom is -0.366 e. The fourth-order valence-corrected chi connectivity index (χ4v) is 3.50. The highest BCUT2D eigenvalue weighted by Crippen LogP contribution is 2.21. The topological polar surface area (TPSA) is 82.4 Å². The van der Waals surface area contributed by atoms with E-state index < -0.39 is 5.91 Å². The molecule has 3 heterocycles. The molecule has 0 aliphatic carbocycles. The number of H-pyrrole nitrogens is 1. The van der Waals surface area contributed by atoms with Gasteiger partial charge in [0.1, 0.15) is 5.69 Å². The molecule has 1 atom stereocenters. The molecular formula is C16H24N4O2. The van der Waals surface area contributed by atoms with Crippen LogP contribution in [0.15, 0.2) is 12.3 Å². The molecule has 2 aliphatic heterocycles. The van der Waals surface area contributed by atoms with Gasteiger partial charge in [0.15, 0.2) is 0 Å². The highest BCUT2D eigenvalue weighted by molar-refractivity contribution is 5.98. The quantitative estimate of drug-likeness (QED) is 0.872. The van der Waals surface area contributed by atoms with Gasteiger partial charge in [0, 0.05) is 25.8 Å². The third kappa shape index (κ3) is 3.32. The third-order valence-electron chi connectivity index (χ3n) is 4.74. The molecule has 3 N–H and O–H groups in total. The maximum absolute atomic E-state index is 12.4. The van der Waals surface area contributed by atoms with Crippen molar-refractivity contribution in [2.45, 2.75) is 25.7 Å². The summed E-state index contributed by atoms with van der Waals surface area (Å²) in [5.74, 6) is 0.0148. The van der Waals surface area contributed by atoms with Crippen molar-refractivity contribution in [1.82, 2.24) is 14.8 Å². The Bertz CT molecular complexity index is 548. The highest BCUT2D eigenvalue weighted by Gasteiger charge is 2.29. The predicted molar refractivity (Wildman–Crippen MR) is 83.6 cm³/mol. The molecule has 6 nitrogen and oxygen atoms in total. The third-order valence-corrected chi connectivity index (χ3v) is 4.74. The van der Waals surface area contributed by atoms with Crippen molar-refractivity contribution in [2.24, 2.45) is 11.7 Å². The fourth-order valence-electron chi connectivity index (χ4n) is 3.50. The molecule has 0 bridgehead atoms. The molecule has 22 heavy (non-hydrogen) atoms. The zero-order chi connectivity index (χ0) is 15.5. The second-order valence-corrected chi connectivity index (χ2v) is 6.43. The molecule has 0 spiro atoms. The lowest BCUT2D eigenvalue weighted by Crippen LogP contribution is -2.36. The molecule has 2 saturated heterocycles. The van der Waals surface area contributed by atoms with Gasteiger partial charge in [0.2, 0.25) is 5.91 Å². The minimum absolute atomic E-state index is 0.0337.